The van der Waals surface area contributed by atoms with Crippen molar-refractivity contribution < 1.29 is 23.6 Å². The van der Waals surface area contributed by atoms with Gasteiger partial charge in [0.15, 0.2) is 0 Å². The Labute approximate surface area is 156 Å². The van der Waals surface area contributed by atoms with E-state index in [1.54, 1.807) is 20.8 Å². The van der Waals surface area contributed by atoms with Crippen LogP contribution in [0.25, 0.3) is 10.9 Å². The molecule has 2 heterocycles. The van der Waals surface area contributed by atoms with Crippen molar-refractivity contribution >= 4 is 22.8 Å². The quantitative estimate of drug-likeness (QED) is 0.634. The van der Waals surface area contributed by atoms with E-state index >= 15 is 0 Å². The maximum Gasteiger partial charge on any atom is 0.344 e. The first kappa shape index (κ1) is 18.6. The molecule has 2 aromatic heterocycles. The molecular formula is C20H20N2O5. The molecule has 0 amide bonds. The van der Waals surface area contributed by atoms with Gasteiger partial charge in [-0.05, 0) is 39.3 Å². The molecule has 0 aliphatic heterocycles. The van der Waals surface area contributed by atoms with Crippen molar-refractivity contribution in [3.8, 4) is 0 Å². The molecule has 0 bridgehead atoms. The van der Waals surface area contributed by atoms with Crippen LogP contribution in [0.2, 0.25) is 0 Å². The Kier molecular flexibility index (Phi) is 5.21. The highest BCUT2D eigenvalue weighted by molar-refractivity contribution is 5.98. The van der Waals surface area contributed by atoms with Gasteiger partial charge in [-0.2, -0.15) is 0 Å². The normalized spacial score (nSPS) is 10.8. The Morgan fingerprint density at radius 3 is 2.41 bits per heavy atom. The number of hydrogen-bond acceptors (Lipinski definition) is 7. The minimum Gasteiger partial charge on any atom is -0.462 e. The molecule has 0 aliphatic rings. The number of ether oxygens (including phenoxy) is 2. The summed E-state index contributed by atoms with van der Waals surface area (Å²) in [4.78, 5) is 29.4. The zero-order chi connectivity index (χ0) is 19.6. The monoisotopic (exact) mass is 368 g/mol. The minimum absolute atomic E-state index is 0.164. The van der Waals surface area contributed by atoms with E-state index in [9.17, 15) is 9.59 Å². The van der Waals surface area contributed by atoms with Gasteiger partial charge in [0.05, 0.1) is 29.1 Å². The summed E-state index contributed by atoms with van der Waals surface area (Å²) in [6.07, 6.45) is 0. The smallest absolute Gasteiger partial charge is 0.344 e. The Bertz CT molecular complexity index is 1000. The molecule has 7 heteroatoms. The molecular weight excluding hydrogens is 348 g/mol. The summed E-state index contributed by atoms with van der Waals surface area (Å²) in [6.45, 7) is 6.94. The first-order chi connectivity index (χ1) is 12.9. The topological polar surface area (TPSA) is 91.5 Å². The highest BCUT2D eigenvalue weighted by Crippen LogP contribution is 2.25. The van der Waals surface area contributed by atoms with Crippen molar-refractivity contribution in [2.75, 3.05) is 6.61 Å². The van der Waals surface area contributed by atoms with Crippen molar-refractivity contribution in [1.29, 1.82) is 0 Å². The van der Waals surface area contributed by atoms with Crippen molar-refractivity contribution in [1.82, 2.24) is 10.1 Å². The second-order valence-electron chi connectivity index (χ2n) is 6.07. The van der Waals surface area contributed by atoms with Gasteiger partial charge in [0.1, 0.15) is 17.9 Å². The summed E-state index contributed by atoms with van der Waals surface area (Å²) < 4.78 is 15.6. The molecule has 0 spiro atoms. The summed E-state index contributed by atoms with van der Waals surface area (Å²) in [7, 11) is 0. The lowest BCUT2D eigenvalue weighted by molar-refractivity contribution is 0.0442. The number of carbonyl (C=O) groups excluding carboxylic acids is 2. The number of hydrogen-bond donors (Lipinski definition) is 0. The predicted molar refractivity (Wildman–Crippen MR) is 97.5 cm³/mol. The number of esters is 2. The lowest BCUT2D eigenvalue weighted by atomic mass is 10.0. The number of aromatic nitrogens is 2. The molecule has 0 atom stereocenters. The molecule has 7 nitrogen and oxygen atoms in total. The molecule has 0 radical (unpaired) electrons. The minimum atomic E-state index is -0.575. The second-order valence-corrected chi connectivity index (χ2v) is 6.07. The van der Waals surface area contributed by atoms with Crippen LogP contribution in [0.4, 0.5) is 0 Å². The summed E-state index contributed by atoms with van der Waals surface area (Å²) in [5, 5.41) is 4.60. The molecule has 27 heavy (non-hydrogen) atoms. The fourth-order valence-corrected chi connectivity index (χ4v) is 3.00. The summed E-state index contributed by atoms with van der Waals surface area (Å²) in [6, 6.07) is 7.47. The van der Waals surface area contributed by atoms with Gasteiger partial charge in [0.25, 0.3) is 0 Å². The third-order valence-electron chi connectivity index (χ3n) is 4.28. The van der Waals surface area contributed by atoms with E-state index in [1.807, 2.05) is 31.2 Å². The van der Waals surface area contributed by atoms with Crippen molar-refractivity contribution in [3.63, 3.8) is 0 Å². The Morgan fingerprint density at radius 2 is 1.74 bits per heavy atom. The van der Waals surface area contributed by atoms with Gasteiger partial charge in [-0.1, -0.05) is 23.4 Å². The maximum absolute atomic E-state index is 12.5. The van der Waals surface area contributed by atoms with E-state index in [1.165, 1.54) is 0 Å². The molecule has 0 aliphatic carbocycles. The summed E-state index contributed by atoms with van der Waals surface area (Å²) >= 11 is 0. The van der Waals surface area contributed by atoms with E-state index < -0.39 is 11.9 Å². The van der Waals surface area contributed by atoms with Gasteiger partial charge in [-0.25, -0.2) is 14.6 Å². The number of nitrogens with zero attached hydrogens (tertiary/aromatic N) is 2. The number of fused-ring (bicyclic) bond motifs is 1. The van der Waals surface area contributed by atoms with Gasteiger partial charge in [-0.15, -0.1) is 0 Å². The van der Waals surface area contributed by atoms with E-state index in [-0.39, 0.29) is 18.8 Å². The molecule has 3 rings (SSSR count). The van der Waals surface area contributed by atoms with Gasteiger partial charge in [0.2, 0.25) is 0 Å². The van der Waals surface area contributed by atoms with Crippen molar-refractivity contribution in [2.45, 2.75) is 34.3 Å². The van der Waals surface area contributed by atoms with E-state index in [4.69, 9.17) is 14.0 Å². The lowest BCUT2D eigenvalue weighted by Gasteiger charge is -2.14. The highest BCUT2D eigenvalue weighted by Gasteiger charge is 2.23. The van der Waals surface area contributed by atoms with Crippen LogP contribution in [0.1, 0.15) is 50.4 Å². The van der Waals surface area contributed by atoms with Crippen LogP contribution in [-0.4, -0.2) is 28.7 Å². The number of aryl methyl sites for hydroxylation is 3. The van der Waals surface area contributed by atoms with Crippen molar-refractivity contribution in [2.24, 2.45) is 0 Å². The molecule has 0 saturated carbocycles. The molecule has 1 aromatic carbocycles. The zero-order valence-corrected chi connectivity index (χ0v) is 15.7. The van der Waals surface area contributed by atoms with Gasteiger partial charge >= 0.3 is 11.9 Å². The molecule has 0 fully saturated rings. The Hall–Kier alpha value is -3.22. The highest BCUT2D eigenvalue weighted by atomic mass is 16.5. The van der Waals surface area contributed by atoms with E-state index in [0.29, 0.717) is 28.2 Å². The maximum atomic E-state index is 12.5. The molecule has 140 valence electrons. The predicted octanol–water partition coefficient (Wildman–Crippen LogP) is 3.68. The van der Waals surface area contributed by atoms with E-state index in [0.717, 1.165) is 10.9 Å². The fourth-order valence-electron chi connectivity index (χ4n) is 3.00. The van der Waals surface area contributed by atoms with Crippen LogP contribution in [0.3, 0.4) is 0 Å². The van der Waals surface area contributed by atoms with Gasteiger partial charge in [-0.3, -0.25) is 0 Å². The number of carbonyl (C=O) groups is 2. The number of benzene rings is 1. The average molecular weight is 368 g/mol. The largest absolute Gasteiger partial charge is 0.462 e. The third-order valence-corrected chi connectivity index (χ3v) is 4.28. The summed E-state index contributed by atoms with van der Waals surface area (Å²) in [5.41, 5.74) is 2.86. The molecule has 3 aromatic rings. The number of para-hydroxylation sites is 1. The van der Waals surface area contributed by atoms with Crippen LogP contribution in [-0.2, 0) is 16.1 Å². The Morgan fingerprint density at radius 1 is 1.04 bits per heavy atom. The average Bonchev–Trinajstić information content (AvgIpc) is 2.98. The fraction of sp³-hybridized carbons (Fsp3) is 0.300. The first-order valence-corrected chi connectivity index (χ1v) is 8.59. The SMILES string of the molecule is CCOC(=O)c1c(COC(=O)c2c(C)noc2C)nc2ccccc2c1C. The van der Waals surface area contributed by atoms with Crippen LogP contribution in [0.15, 0.2) is 28.8 Å². The van der Waals surface area contributed by atoms with Crippen molar-refractivity contribution in [3.05, 3.63) is 58.1 Å². The van der Waals surface area contributed by atoms with Crippen LogP contribution < -0.4 is 0 Å². The molecule has 0 saturated heterocycles. The van der Waals surface area contributed by atoms with E-state index in [2.05, 4.69) is 10.1 Å². The first-order valence-electron chi connectivity index (χ1n) is 8.59. The number of rotatable bonds is 5. The standard InChI is InChI=1S/C20H20N2O5/c1-5-25-19(23)17-11(2)14-8-6-7-9-15(14)21-16(17)10-26-20(24)18-12(3)22-27-13(18)4/h6-9H,5,10H2,1-4H3. The van der Waals surface area contributed by atoms with Crippen LogP contribution >= 0.6 is 0 Å². The summed E-state index contributed by atoms with van der Waals surface area (Å²) in [5.74, 6) is -0.684. The van der Waals surface area contributed by atoms with Crippen LogP contribution in [0, 0.1) is 20.8 Å². The van der Waals surface area contributed by atoms with Crippen LogP contribution in [0.5, 0.6) is 0 Å². The molecule has 0 unspecified atom stereocenters. The zero-order valence-electron chi connectivity index (χ0n) is 15.7. The van der Waals surface area contributed by atoms with Gasteiger partial charge < -0.3 is 14.0 Å². The molecule has 0 N–H and O–H groups in total. The van der Waals surface area contributed by atoms with Gasteiger partial charge in [0, 0.05) is 5.39 Å². The Balaban J connectivity index is 1.98. The number of pyridine rings is 1. The third kappa shape index (κ3) is 3.53. The second kappa shape index (κ2) is 7.57. The lowest BCUT2D eigenvalue weighted by Crippen LogP contribution is -2.15.